The Bertz CT molecular complexity index is 601. The van der Waals surface area contributed by atoms with Crippen LogP contribution in [0.25, 0.3) is 0 Å². The monoisotopic (exact) mass is 311 g/mol. The molecule has 1 aromatic rings. The van der Waals surface area contributed by atoms with Crippen molar-refractivity contribution in [3.63, 3.8) is 0 Å². The van der Waals surface area contributed by atoms with Crippen molar-refractivity contribution in [2.75, 3.05) is 18.1 Å². The summed E-state index contributed by atoms with van der Waals surface area (Å²) in [5.41, 5.74) is 2.40. The van der Waals surface area contributed by atoms with Crippen molar-refractivity contribution in [2.24, 2.45) is 0 Å². The number of nitrogens with zero attached hydrogens (tertiary/aromatic N) is 2. The minimum atomic E-state index is -2.93. The van der Waals surface area contributed by atoms with E-state index in [1.54, 1.807) is 6.92 Å². The highest BCUT2D eigenvalue weighted by molar-refractivity contribution is 7.91. The molecule has 1 N–H and O–H groups in total. The zero-order valence-electron chi connectivity index (χ0n) is 12.8. The minimum absolute atomic E-state index is 0.226. The normalized spacial score (nSPS) is 19.9. The first-order chi connectivity index (χ1) is 10.1. The van der Waals surface area contributed by atoms with E-state index < -0.39 is 9.84 Å². The van der Waals surface area contributed by atoms with Gasteiger partial charge in [-0.2, -0.15) is 0 Å². The summed E-state index contributed by atoms with van der Waals surface area (Å²) in [6.45, 7) is 4.08. The summed E-state index contributed by atoms with van der Waals surface area (Å²) in [6, 6.07) is 0. The van der Waals surface area contributed by atoms with E-state index in [0.29, 0.717) is 12.5 Å². The Hall–Kier alpha value is -0.880. The summed E-state index contributed by atoms with van der Waals surface area (Å²) in [6.07, 6.45) is 5.90. The highest BCUT2D eigenvalue weighted by atomic mass is 32.2. The molecule has 118 valence electrons. The number of aromatic nitrogens is 2. The highest BCUT2D eigenvalue weighted by Gasteiger charge is 2.27. The topological polar surface area (TPSA) is 64.0 Å². The van der Waals surface area contributed by atoms with Crippen LogP contribution in [0.3, 0.4) is 0 Å². The summed E-state index contributed by atoms with van der Waals surface area (Å²) in [5, 5.41) is 3.36. The summed E-state index contributed by atoms with van der Waals surface area (Å²) >= 11 is 0. The summed E-state index contributed by atoms with van der Waals surface area (Å²) in [4.78, 5) is 4.86. The van der Waals surface area contributed by atoms with Gasteiger partial charge in [-0.3, -0.25) is 0 Å². The zero-order valence-corrected chi connectivity index (χ0v) is 13.6. The van der Waals surface area contributed by atoms with Gasteiger partial charge >= 0.3 is 0 Å². The van der Waals surface area contributed by atoms with Gasteiger partial charge in [0.05, 0.1) is 11.4 Å². The van der Waals surface area contributed by atoms with Gasteiger partial charge in [-0.25, -0.2) is 13.4 Å². The molecule has 1 aliphatic carbocycles. The molecule has 0 bridgehead atoms. The van der Waals surface area contributed by atoms with E-state index >= 15 is 0 Å². The molecular weight excluding hydrogens is 286 g/mol. The van der Waals surface area contributed by atoms with E-state index in [0.717, 1.165) is 31.0 Å². The van der Waals surface area contributed by atoms with E-state index in [-0.39, 0.29) is 11.5 Å². The van der Waals surface area contributed by atoms with Crippen molar-refractivity contribution < 1.29 is 8.42 Å². The molecule has 1 aromatic heterocycles. The minimum Gasteiger partial charge on any atom is -0.330 e. The van der Waals surface area contributed by atoms with Crippen LogP contribution < -0.4 is 5.32 Å². The fourth-order valence-corrected chi connectivity index (χ4v) is 4.26. The van der Waals surface area contributed by atoms with Gasteiger partial charge in [0, 0.05) is 43.4 Å². The van der Waals surface area contributed by atoms with Crippen molar-refractivity contribution in [3.05, 3.63) is 17.2 Å². The molecular formula is C15H25N3O2S. The predicted octanol–water partition coefficient (Wildman–Crippen LogP) is 1.62. The van der Waals surface area contributed by atoms with Crippen LogP contribution in [0.1, 0.15) is 55.7 Å². The molecule has 0 atom stereocenters. The van der Waals surface area contributed by atoms with Crippen LogP contribution in [0, 0.1) is 0 Å². The molecule has 2 heterocycles. The van der Waals surface area contributed by atoms with Crippen molar-refractivity contribution in [3.8, 4) is 0 Å². The Balaban J connectivity index is 1.90. The van der Waals surface area contributed by atoms with Crippen LogP contribution in [-0.2, 0) is 29.3 Å². The second-order valence-electron chi connectivity index (χ2n) is 6.16. The largest absolute Gasteiger partial charge is 0.330 e. The molecule has 0 radical (unpaired) electrons. The lowest BCUT2D eigenvalue weighted by molar-refractivity contribution is 0.556. The molecule has 0 spiro atoms. The van der Waals surface area contributed by atoms with Gasteiger partial charge in [0.15, 0.2) is 9.84 Å². The number of rotatable bonds is 5. The fraction of sp³-hybridized carbons (Fsp3) is 0.800. The average molecular weight is 311 g/mol. The molecule has 1 fully saturated rings. The Kier molecular flexibility index (Phi) is 4.36. The Morgan fingerprint density at radius 2 is 2.10 bits per heavy atom. The Morgan fingerprint density at radius 3 is 2.81 bits per heavy atom. The summed E-state index contributed by atoms with van der Waals surface area (Å²) in [7, 11) is -2.93. The maximum absolute atomic E-state index is 11.8. The van der Waals surface area contributed by atoms with E-state index in [1.807, 2.05) is 0 Å². The SMILES string of the molecule is CCS(=O)(=O)CCn1c(C2CCCC2)nc2c1CCNC2. The number of imidazole rings is 1. The van der Waals surface area contributed by atoms with Crippen LogP contribution in [-0.4, -0.2) is 36.0 Å². The second kappa shape index (κ2) is 6.08. The molecule has 2 aliphatic rings. The maximum atomic E-state index is 11.8. The Labute approximate surface area is 127 Å². The average Bonchev–Trinajstić information content (AvgIpc) is 3.12. The van der Waals surface area contributed by atoms with Crippen LogP contribution in [0.5, 0.6) is 0 Å². The van der Waals surface area contributed by atoms with Gasteiger partial charge < -0.3 is 9.88 Å². The van der Waals surface area contributed by atoms with Gasteiger partial charge in [0.25, 0.3) is 0 Å². The van der Waals surface area contributed by atoms with Gasteiger partial charge in [-0.1, -0.05) is 19.8 Å². The smallest absolute Gasteiger partial charge is 0.151 e. The molecule has 21 heavy (non-hydrogen) atoms. The molecule has 6 heteroatoms. The van der Waals surface area contributed by atoms with E-state index in [2.05, 4.69) is 9.88 Å². The van der Waals surface area contributed by atoms with Gasteiger partial charge in [-0.15, -0.1) is 0 Å². The fourth-order valence-electron chi connectivity index (χ4n) is 3.51. The van der Waals surface area contributed by atoms with Gasteiger partial charge in [0.2, 0.25) is 0 Å². The number of nitrogens with one attached hydrogen (secondary N) is 1. The molecule has 0 aromatic carbocycles. The first-order valence-electron chi connectivity index (χ1n) is 8.10. The number of hydrogen-bond donors (Lipinski definition) is 1. The molecule has 5 nitrogen and oxygen atoms in total. The van der Waals surface area contributed by atoms with Crippen molar-refractivity contribution in [1.82, 2.24) is 14.9 Å². The van der Waals surface area contributed by atoms with Crippen molar-refractivity contribution in [2.45, 2.75) is 58.0 Å². The van der Waals surface area contributed by atoms with E-state index in [4.69, 9.17) is 4.98 Å². The number of sulfone groups is 1. The predicted molar refractivity (Wildman–Crippen MR) is 83.2 cm³/mol. The molecule has 1 saturated carbocycles. The van der Waals surface area contributed by atoms with Crippen LogP contribution in [0.15, 0.2) is 0 Å². The maximum Gasteiger partial charge on any atom is 0.151 e. The molecule has 3 rings (SSSR count). The first kappa shape index (κ1) is 15.0. The lowest BCUT2D eigenvalue weighted by Gasteiger charge is -2.17. The molecule has 1 aliphatic heterocycles. The quantitative estimate of drug-likeness (QED) is 0.897. The van der Waals surface area contributed by atoms with Crippen LogP contribution >= 0.6 is 0 Å². The summed E-state index contributed by atoms with van der Waals surface area (Å²) < 4.78 is 25.9. The molecule has 0 saturated heterocycles. The van der Waals surface area contributed by atoms with Crippen molar-refractivity contribution in [1.29, 1.82) is 0 Å². The lowest BCUT2D eigenvalue weighted by Crippen LogP contribution is -2.26. The standard InChI is InChI=1S/C15H25N3O2S/c1-2-21(19,20)10-9-18-14-7-8-16-11-13(14)17-15(18)12-5-3-4-6-12/h12,16H,2-11H2,1H3. The Morgan fingerprint density at radius 1 is 1.33 bits per heavy atom. The zero-order chi connectivity index (χ0) is 14.9. The van der Waals surface area contributed by atoms with Gasteiger partial charge in [0.1, 0.15) is 5.82 Å². The second-order valence-corrected chi connectivity index (χ2v) is 8.63. The third kappa shape index (κ3) is 3.16. The van der Waals surface area contributed by atoms with E-state index in [9.17, 15) is 8.42 Å². The third-order valence-electron chi connectivity index (χ3n) is 4.80. The number of hydrogen-bond acceptors (Lipinski definition) is 4. The number of fused-ring (bicyclic) bond motifs is 1. The van der Waals surface area contributed by atoms with Crippen molar-refractivity contribution >= 4 is 9.84 Å². The lowest BCUT2D eigenvalue weighted by atomic mass is 10.1. The van der Waals surface area contributed by atoms with Crippen LogP contribution in [0.4, 0.5) is 0 Å². The van der Waals surface area contributed by atoms with Gasteiger partial charge in [-0.05, 0) is 12.8 Å². The highest BCUT2D eigenvalue weighted by Crippen LogP contribution is 2.35. The van der Waals surface area contributed by atoms with Crippen LogP contribution in [0.2, 0.25) is 0 Å². The molecule has 0 unspecified atom stereocenters. The third-order valence-corrected chi connectivity index (χ3v) is 6.49. The molecule has 0 amide bonds. The van der Waals surface area contributed by atoms with E-state index in [1.165, 1.54) is 31.4 Å². The first-order valence-corrected chi connectivity index (χ1v) is 9.92. The summed E-state index contributed by atoms with van der Waals surface area (Å²) in [5.74, 6) is 2.14.